The van der Waals surface area contributed by atoms with Gasteiger partial charge < -0.3 is 28.4 Å². The number of rotatable bonds is 12. The standard InChI is InChI=1S/C31H34O6.C3H6O2.C2H6/c1-5-26(36-21(2)3)18-33-27-14-10-24(11-15-27)30(23-8-6-22(4)7-9-23)25-12-16-28(17-13-25)34-19-29-20-35-31(32)37-29;1-3(4)5-2;1-2/h6-17,26,29-30H,2,5,18-20H2,1,3-4H3;1-2H3;1-2H3. The first-order chi connectivity index (χ1) is 21.2. The van der Waals surface area contributed by atoms with Crippen LogP contribution >= 0.6 is 0 Å². The van der Waals surface area contributed by atoms with E-state index >= 15 is 0 Å². The largest absolute Gasteiger partial charge is 0.508 e. The number of carbonyl (C=O) groups is 2. The summed E-state index contributed by atoms with van der Waals surface area (Å²) in [6.45, 7) is 16.1. The number of cyclic esters (lactones) is 2. The van der Waals surface area contributed by atoms with Crippen molar-refractivity contribution in [3.63, 3.8) is 0 Å². The number of ether oxygens (including phenoxy) is 6. The molecule has 0 aromatic heterocycles. The van der Waals surface area contributed by atoms with Crippen LogP contribution in [0.4, 0.5) is 4.79 Å². The van der Waals surface area contributed by atoms with E-state index in [4.69, 9.17) is 23.7 Å². The van der Waals surface area contributed by atoms with Gasteiger partial charge in [0.05, 0.1) is 12.9 Å². The lowest BCUT2D eigenvalue weighted by Gasteiger charge is -2.21. The Balaban J connectivity index is 0.000000876. The van der Waals surface area contributed by atoms with Gasteiger partial charge in [0.1, 0.15) is 37.4 Å². The number of allylic oxidation sites excluding steroid dienone is 1. The van der Waals surface area contributed by atoms with Crippen LogP contribution in [-0.4, -0.2) is 51.3 Å². The molecule has 3 aromatic carbocycles. The van der Waals surface area contributed by atoms with Crippen molar-refractivity contribution in [3.05, 3.63) is 107 Å². The Labute approximate surface area is 261 Å². The van der Waals surface area contributed by atoms with Crippen LogP contribution in [0.25, 0.3) is 0 Å². The number of hydrogen-bond donors (Lipinski definition) is 0. The van der Waals surface area contributed by atoms with Crippen molar-refractivity contribution in [2.24, 2.45) is 0 Å². The third-order valence-corrected chi connectivity index (χ3v) is 6.47. The molecule has 0 bridgehead atoms. The molecule has 1 aliphatic heterocycles. The predicted octanol–water partition coefficient (Wildman–Crippen LogP) is 8.00. The van der Waals surface area contributed by atoms with Crippen LogP contribution in [0, 0.1) is 6.92 Å². The highest BCUT2D eigenvalue weighted by atomic mass is 16.8. The second-order valence-corrected chi connectivity index (χ2v) is 9.95. The first kappa shape index (κ1) is 35.7. The summed E-state index contributed by atoms with van der Waals surface area (Å²) in [7, 11) is 1.35. The Kier molecular flexibility index (Phi) is 15.4. The molecule has 3 aromatic rings. The minimum absolute atomic E-state index is 0.0218. The first-order valence-electron chi connectivity index (χ1n) is 14.9. The maximum Gasteiger partial charge on any atom is 0.508 e. The average Bonchev–Trinajstić information content (AvgIpc) is 3.46. The Morgan fingerprint density at radius 2 is 1.36 bits per heavy atom. The molecule has 1 heterocycles. The molecular formula is C36H46O8. The third-order valence-electron chi connectivity index (χ3n) is 6.47. The van der Waals surface area contributed by atoms with E-state index in [1.807, 2.05) is 45.0 Å². The van der Waals surface area contributed by atoms with Gasteiger partial charge in [-0.05, 0) is 61.2 Å². The predicted molar refractivity (Wildman–Crippen MR) is 171 cm³/mol. The maximum atomic E-state index is 11.1. The Bertz CT molecular complexity index is 1280. The monoisotopic (exact) mass is 606 g/mol. The van der Waals surface area contributed by atoms with E-state index in [2.05, 4.69) is 73.7 Å². The van der Waals surface area contributed by atoms with Gasteiger partial charge in [0, 0.05) is 12.8 Å². The van der Waals surface area contributed by atoms with Gasteiger partial charge in [-0.1, -0.05) is 81.4 Å². The molecule has 44 heavy (non-hydrogen) atoms. The highest BCUT2D eigenvalue weighted by Gasteiger charge is 2.25. The van der Waals surface area contributed by atoms with Crippen molar-refractivity contribution in [1.82, 2.24) is 0 Å². The van der Waals surface area contributed by atoms with Crippen molar-refractivity contribution in [3.8, 4) is 11.5 Å². The molecule has 4 rings (SSSR count). The Morgan fingerprint density at radius 1 is 0.886 bits per heavy atom. The van der Waals surface area contributed by atoms with E-state index in [0.717, 1.165) is 23.3 Å². The molecule has 0 spiro atoms. The topological polar surface area (TPSA) is 89.5 Å². The Morgan fingerprint density at radius 3 is 1.77 bits per heavy atom. The number of carbonyl (C=O) groups excluding carboxylic acids is 2. The molecule has 238 valence electrons. The molecule has 0 radical (unpaired) electrons. The van der Waals surface area contributed by atoms with Gasteiger partial charge in [-0.3, -0.25) is 4.79 Å². The summed E-state index contributed by atoms with van der Waals surface area (Å²) in [6, 6.07) is 24.9. The summed E-state index contributed by atoms with van der Waals surface area (Å²) in [6.07, 6.45) is -0.203. The maximum absolute atomic E-state index is 11.1. The van der Waals surface area contributed by atoms with Gasteiger partial charge in [0.25, 0.3) is 0 Å². The minimum atomic E-state index is -0.647. The number of aryl methyl sites for hydroxylation is 1. The van der Waals surface area contributed by atoms with Gasteiger partial charge in [-0.2, -0.15) is 0 Å². The first-order valence-corrected chi connectivity index (χ1v) is 14.9. The highest BCUT2D eigenvalue weighted by molar-refractivity contribution is 5.65. The zero-order chi connectivity index (χ0) is 32.5. The fourth-order valence-electron chi connectivity index (χ4n) is 4.19. The van der Waals surface area contributed by atoms with Crippen LogP contribution in [0.2, 0.25) is 0 Å². The smallest absolute Gasteiger partial charge is 0.492 e. The van der Waals surface area contributed by atoms with E-state index in [1.165, 1.54) is 25.2 Å². The number of methoxy groups -OCH3 is 1. The summed E-state index contributed by atoms with van der Waals surface area (Å²) >= 11 is 0. The fraction of sp³-hybridized carbons (Fsp3) is 0.389. The molecule has 1 aliphatic rings. The molecule has 8 nitrogen and oxygen atoms in total. The molecular weight excluding hydrogens is 560 g/mol. The van der Waals surface area contributed by atoms with Crippen molar-refractivity contribution < 1.29 is 38.0 Å². The van der Waals surface area contributed by atoms with E-state index in [0.29, 0.717) is 18.1 Å². The van der Waals surface area contributed by atoms with Crippen molar-refractivity contribution in [2.45, 2.75) is 66.1 Å². The SMILES string of the molecule is C=C(C)OC(CC)COc1ccc(C(c2ccc(C)cc2)c2ccc(OCC3COC(=O)O3)cc2)cc1.CC.COC(C)=O. The van der Waals surface area contributed by atoms with Gasteiger partial charge in [-0.25, -0.2) is 4.79 Å². The lowest BCUT2D eigenvalue weighted by molar-refractivity contribution is -0.137. The molecule has 0 aliphatic carbocycles. The van der Waals surface area contributed by atoms with Gasteiger partial charge in [-0.15, -0.1) is 0 Å². The summed E-state index contributed by atoms with van der Waals surface area (Å²) in [5.74, 6) is 2.00. The van der Waals surface area contributed by atoms with Crippen molar-refractivity contribution >= 4 is 12.1 Å². The third kappa shape index (κ3) is 12.0. The normalized spacial score (nSPS) is 14.6. The van der Waals surface area contributed by atoms with Crippen LogP contribution in [0.5, 0.6) is 11.5 Å². The summed E-state index contributed by atoms with van der Waals surface area (Å²) in [4.78, 5) is 20.7. The number of esters is 1. The molecule has 1 saturated heterocycles. The minimum Gasteiger partial charge on any atom is -0.492 e. The van der Waals surface area contributed by atoms with Gasteiger partial charge >= 0.3 is 12.1 Å². The van der Waals surface area contributed by atoms with Crippen LogP contribution < -0.4 is 9.47 Å². The quantitative estimate of drug-likeness (QED) is 0.116. The van der Waals surface area contributed by atoms with Crippen LogP contribution in [0.3, 0.4) is 0 Å². The molecule has 1 fully saturated rings. The fourth-order valence-corrected chi connectivity index (χ4v) is 4.19. The van der Waals surface area contributed by atoms with Crippen molar-refractivity contribution in [1.29, 1.82) is 0 Å². The van der Waals surface area contributed by atoms with Crippen LogP contribution in [0.1, 0.15) is 69.2 Å². The molecule has 3 atom stereocenters. The van der Waals surface area contributed by atoms with Crippen LogP contribution in [0.15, 0.2) is 85.1 Å². The van der Waals surface area contributed by atoms with E-state index in [1.54, 1.807) is 0 Å². The van der Waals surface area contributed by atoms with Gasteiger partial charge in [0.2, 0.25) is 0 Å². The summed E-state index contributed by atoms with van der Waals surface area (Å²) in [5, 5.41) is 0. The highest BCUT2D eigenvalue weighted by Crippen LogP contribution is 2.34. The Hall–Kier alpha value is -4.46. The molecule has 0 saturated carbocycles. The van der Waals surface area contributed by atoms with E-state index < -0.39 is 6.16 Å². The summed E-state index contributed by atoms with van der Waals surface area (Å²) < 4.78 is 31.5. The molecule has 3 unspecified atom stereocenters. The molecule has 0 amide bonds. The zero-order valence-electron chi connectivity index (χ0n) is 27.0. The van der Waals surface area contributed by atoms with E-state index in [-0.39, 0.29) is 37.3 Å². The average molecular weight is 607 g/mol. The summed E-state index contributed by atoms with van der Waals surface area (Å²) in [5.41, 5.74) is 4.71. The molecule has 0 N–H and O–H groups in total. The van der Waals surface area contributed by atoms with Crippen molar-refractivity contribution in [2.75, 3.05) is 26.9 Å². The second kappa shape index (κ2) is 18.9. The number of hydrogen-bond acceptors (Lipinski definition) is 8. The second-order valence-electron chi connectivity index (χ2n) is 9.95. The molecule has 8 heteroatoms. The van der Waals surface area contributed by atoms with Crippen LogP contribution in [-0.2, 0) is 23.7 Å². The lowest BCUT2D eigenvalue weighted by atomic mass is 9.85. The zero-order valence-corrected chi connectivity index (χ0v) is 27.0. The lowest BCUT2D eigenvalue weighted by Crippen LogP contribution is -2.20. The van der Waals surface area contributed by atoms with Gasteiger partial charge in [0.15, 0.2) is 6.10 Å². The van der Waals surface area contributed by atoms with E-state index in [9.17, 15) is 9.59 Å². The number of benzene rings is 3.